The summed E-state index contributed by atoms with van der Waals surface area (Å²) >= 11 is 0. The zero-order valence-corrected chi connectivity index (χ0v) is 12.3. The predicted octanol–water partition coefficient (Wildman–Crippen LogP) is 2.96. The molecule has 0 aliphatic heterocycles. The molecule has 0 saturated carbocycles. The largest absolute Gasteiger partial charge is 0.398 e. The molecule has 0 saturated heterocycles. The number of hydrogen-bond donors (Lipinski definition) is 2. The predicted molar refractivity (Wildman–Crippen MR) is 77.5 cm³/mol. The first-order valence-corrected chi connectivity index (χ1v) is 7.53. The number of nitrogens with two attached hydrogens (primary N) is 1. The van der Waals surface area contributed by atoms with E-state index in [-0.39, 0.29) is 16.3 Å². The van der Waals surface area contributed by atoms with Crippen LogP contribution in [-0.4, -0.2) is 8.42 Å². The van der Waals surface area contributed by atoms with E-state index in [1.54, 1.807) is 13.8 Å². The molecule has 0 radical (unpaired) electrons. The van der Waals surface area contributed by atoms with Gasteiger partial charge in [0, 0.05) is 6.07 Å². The number of benzene rings is 2. The third kappa shape index (κ3) is 3.13. The number of nitrogen functional groups attached to an aromatic ring is 1. The maximum atomic E-state index is 13.5. The van der Waals surface area contributed by atoms with E-state index < -0.39 is 21.7 Å². The molecule has 7 heteroatoms. The van der Waals surface area contributed by atoms with Crippen LogP contribution in [0.25, 0.3) is 0 Å². The van der Waals surface area contributed by atoms with Gasteiger partial charge in [-0.25, -0.2) is 17.2 Å². The highest BCUT2D eigenvalue weighted by molar-refractivity contribution is 7.92. The quantitative estimate of drug-likeness (QED) is 0.856. The smallest absolute Gasteiger partial charge is 0.264 e. The van der Waals surface area contributed by atoms with Crippen molar-refractivity contribution in [3.05, 3.63) is 53.1 Å². The van der Waals surface area contributed by atoms with Gasteiger partial charge in [0.1, 0.15) is 16.5 Å². The van der Waals surface area contributed by atoms with E-state index in [4.69, 9.17) is 5.73 Å². The van der Waals surface area contributed by atoms with Crippen molar-refractivity contribution in [2.24, 2.45) is 0 Å². The zero-order chi connectivity index (χ0) is 15.8. The van der Waals surface area contributed by atoms with E-state index in [1.165, 1.54) is 12.1 Å². The molecule has 0 spiro atoms. The molecule has 2 rings (SSSR count). The molecule has 2 aromatic rings. The number of sulfonamides is 1. The Morgan fingerprint density at radius 2 is 1.67 bits per heavy atom. The van der Waals surface area contributed by atoms with Crippen molar-refractivity contribution in [3.8, 4) is 0 Å². The molecule has 4 nitrogen and oxygen atoms in total. The number of rotatable bonds is 3. The summed E-state index contributed by atoms with van der Waals surface area (Å²) in [5.41, 5.74) is 7.03. The molecular weight excluding hydrogens is 298 g/mol. The Kier molecular flexibility index (Phi) is 3.87. The van der Waals surface area contributed by atoms with E-state index in [0.29, 0.717) is 6.07 Å². The van der Waals surface area contributed by atoms with E-state index in [0.717, 1.165) is 23.3 Å². The fourth-order valence-electron chi connectivity index (χ4n) is 1.82. The molecule has 0 heterocycles. The number of hydrogen-bond acceptors (Lipinski definition) is 3. The molecule has 0 atom stereocenters. The Hall–Kier alpha value is -2.15. The highest BCUT2D eigenvalue weighted by Gasteiger charge is 2.20. The van der Waals surface area contributed by atoms with Crippen LogP contribution < -0.4 is 10.5 Å². The van der Waals surface area contributed by atoms with Gasteiger partial charge < -0.3 is 5.73 Å². The van der Waals surface area contributed by atoms with Gasteiger partial charge in [0.25, 0.3) is 10.0 Å². The highest BCUT2D eigenvalue weighted by atomic mass is 32.2. The Bertz CT molecular complexity index is 805. The van der Waals surface area contributed by atoms with Crippen molar-refractivity contribution in [3.63, 3.8) is 0 Å². The number of nitrogens with one attached hydrogen (secondary N) is 1. The molecule has 0 amide bonds. The van der Waals surface area contributed by atoms with E-state index in [1.807, 2.05) is 0 Å². The lowest BCUT2D eigenvalue weighted by Gasteiger charge is -2.12. The summed E-state index contributed by atoms with van der Waals surface area (Å²) in [7, 11) is -4.06. The van der Waals surface area contributed by atoms with Gasteiger partial charge in [-0.1, -0.05) is 0 Å². The summed E-state index contributed by atoms with van der Waals surface area (Å²) in [6.07, 6.45) is 0. The second kappa shape index (κ2) is 5.33. The van der Waals surface area contributed by atoms with Gasteiger partial charge in [-0.2, -0.15) is 0 Å². The molecular formula is C14H14F2N2O2S. The molecule has 2 aromatic carbocycles. The van der Waals surface area contributed by atoms with Crippen molar-refractivity contribution >= 4 is 21.4 Å². The van der Waals surface area contributed by atoms with Gasteiger partial charge in [-0.15, -0.1) is 0 Å². The van der Waals surface area contributed by atoms with Crippen molar-refractivity contribution in [2.45, 2.75) is 18.7 Å². The second-order valence-electron chi connectivity index (χ2n) is 4.70. The summed E-state index contributed by atoms with van der Waals surface area (Å²) in [5.74, 6) is -1.79. The molecule has 112 valence electrons. The van der Waals surface area contributed by atoms with Crippen molar-refractivity contribution in [2.75, 3.05) is 10.5 Å². The van der Waals surface area contributed by atoms with Gasteiger partial charge in [0.2, 0.25) is 0 Å². The van der Waals surface area contributed by atoms with Crippen LogP contribution in [0.2, 0.25) is 0 Å². The summed E-state index contributed by atoms with van der Waals surface area (Å²) < 4.78 is 53.0. The van der Waals surface area contributed by atoms with Crippen molar-refractivity contribution < 1.29 is 17.2 Å². The van der Waals surface area contributed by atoms with Crippen LogP contribution in [0.15, 0.2) is 35.2 Å². The normalized spacial score (nSPS) is 11.4. The van der Waals surface area contributed by atoms with Crippen LogP contribution in [0.4, 0.5) is 20.2 Å². The topological polar surface area (TPSA) is 72.2 Å². The fourth-order valence-corrected chi connectivity index (χ4v) is 3.08. The molecule has 0 aliphatic rings. The molecule has 3 N–H and O–H groups in total. The minimum absolute atomic E-state index is 0.0631. The van der Waals surface area contributed by atoms with Crippen LogP contribution in [0.5, 0.6) is 0 Å². The first kappa shape index (κ1) is 15.2. The Balaban J connectivity index is 2.46. The average Bonchev–Trinajstić information content (AvgIpc) is 2.37. The van der Waals surface area contributed by atoms with Crippen LogP contribution in [0.3, 0.4) is 0 Å². The third-order valence-corrected chi connectivity index (χ3v) is 4.51. The maximum absolute atomic E-state index is 13.5. The van der Waals surface area contributed by atoms with Gasteiger partial charge >= 0.3 is 0 Å². The molecule has 0 unspecified atom stereocenters. The fraction of sp³-hybridized carbons (Fsp3) is 0.143. The lowest BCUT2D eigenvalue weighted by Crippen LogP contribution is -2.16. The highest BCUT2D eigenvalue weighted by Crippen LogP contribution is 2.26. The number of halogens is 2. The minimum Gasteiger partial charge on any atom is -0.398 e. The molecule has 21 heavy (non-hydrogen) atoms. The standard InChI is InChI=1S/C14H14F2N2O2S/c1-8-5-12(17)14(6-9(8)2)21(19,20)18-13-4-3-10(15)7-11(13)16/h3-7,18H,17H2,1-2H3. The Morgan fingerprint density at radius 3 is 2.29 bits per heavy atom. The molecule has 0 aliphatic carbocycles. The maximum Gasteiger partial charge on any atom is 0.264 e. The lowest BCUT2D eigenvalue weighted by molar-refractivity contribution is 0.583. The number of aryl methyl sites for hydroxylation is 2. The van der Waals surface area contributed by atoms with Crippen LogP contribution in [0, 0.1) is 25.5 Å². The summed E-state index contributed by atoms with van der Waals surface area (Å²) in [5, 5.41) is 0. The summed E-state index contributed by atoms with van der Waals surface area (Å²) in [6, 6.07) is 5.52. The molecule has 0 aromatic heterocycles. The van der Waals surface area contributed by atoms with Gasteiger partial charge in [-0.05, 0) is 49.2 Å². The first-order valence-electron chi connectivity index (χ1n) is 6.05. The average molecular weight is 312 g/mol. The van der Waals surface area contributed by atoms with Crippen LogP contribution in [-0.2, 0) is 10.0 Å². The number of anilines is 2. The van der Waals surface area contributed by atoms with Crippen molar-refractivity contribution in [1.29, 1.82) is 0 Å². The summed E-state index contributed by atoms with van der Waals surface area (Å²) in [4.78, 5) is -0.144. The monoisotopic (exact) mass is 312 g/mol. The summed E-state index contributed by atoms with van der Waals surface area (Å²) in [6.45, 7) is 3.54. The minimum atomic E-state index is -4.06. The van der Waals surface area contributed by atoms with E-state index >= 15 is 0 Å². The SMILES string of the molecule is Cc1cc(N)c(S(=O)(=O)Nc2ccc(F)cc2F)cc1C. The first-order chi connectivity index (χ1) is 9.70. The van der Waals surface area contributed by atoms with Crippen LogP contribution >= 0.6 is 0 Å². The van der Waals surface area contributed by atoms with Gasteiger partial charge in [0.05, 0.1) is 11.4 Å². The third-order valence-electron chi connectivity index (χ3n) is 3.09. The van der Waals surface area contributed by atoms with Gasteiger partial charge in [-0.3, -0.25) is 4.72 Å². The van der Waals surface area contributed by atoms with E-state index in [2.05, 4.69) is 4.72 Å². The second-order valence-corrected chi connectivity index (χ2v) is 6.35. The zero-order valence-electron chi connectivity index (χ0n) is 11.4. The Labute approximate surface area is 121 Å². The molecule has 0 fully saturated rings. The lowest BCUT2D eigenvalue weighted by atomic mass is 10.1. The van der Waals surface area contributed by atoms with E-state index in [9.17, 15) is 17.2 Å². The Morgan fingerprint density at radius 1 is 1.05 bits per heavy atom. The van der Waals surface area contributed by atoms with Gasteiger partial charge in [0.15, 0.2) is 0 Å². The molecule has 0 bridgehead atoms. The van der Waals surface area contributed by atoms with Crippen molar-refractivity contribution in [1.82, 2.24) is 0 Å². The van der Waals surface area contributed by atoms with Crippen LogP contribution in [0.1, 0.15) is 11.1 Å².